The van der Waals surface area contributed by atoms with Gasteiger partial charge in [0, 0.05) is 30.7 Å². The van der Waals surface area contributed by atoms with Gasteiger partial charge < -0.3 is 15.2 Å². The minimum absolute atomic E-state index is 0.0272. The van der Waals surface area contributed by atoms with Gasteiger partial charge in [-0.3, -0.25) is 25.3 Å². The Balaban J connectivity index is 1.44. The number of nitrogens with one attached hydrogen (secondary N) is 2. The fraction of sp³-hybridized carbons (Fsp3) is 0.667. The van der Waals surface area contributed by atoms with Crippen molar-refractivity contribution in [2.24, 2.45) is 16.3 Å². The molecular weight excluding hydrogens is 522 g/mol. The SMILES string of the molecule is C[C@H](Oc1cc(C(=N)/C=N\NC2CCCCO2)nc(/C(N)=C2\CCC[C@@]3(CCCCC3=O)C2=O)n1)C1CCCN1C. The number of rotatable bonds is 8. The summed E-state index contributed by atoms with van der Waals surface area (Å²) < 4.78 is 11.9. The molecule has 0 aromatic carbocycles. The molecule has 1 aromatic rings. The zero-order chi connectivity index (χ0) is 29.0. The molecule has 4 fully saturated rings. The molecule has 11 heteroatoms. The summed E-state index contributed by atoms with van der Waals surface area (Å²) in [6, 6.07) is 1.86. The van der Waals surface area contributed by atoms with Gasteiger partial charge in [-0.05, 0) is 84.7 Å². The molecule has 4 atom stereocenters. The van der Waals surface area contributed by atoms with Crippen molar-refractivity contribution < 1.29 is 19.1 Å². The monoisotopic (exact) mass is 565 g/mol. The smallest absolute Gasteiger partial charge is 0.217 e. The number of hydrogen-bond donors (Lipinski definition) is 3. The number of carbonyl (C=O) groups excluding carboxylic acids is 2. The predicted molar refractivity (Wildman–Crippen MR) is 156 cm³/mol. The van der Waals surface area contributed by atoms with E-state index in [9.17, 15) is 9.59 Å². The lowest BCUT2D eigenvalue weighted by molar-refractivity contribution is -0.143. The Morgan fingerprint density at radius 2 is 2.02 bits per heavy atom. The molecule has 0 bridgehead atoms. The summed E-state index contributed by atoms with van der Waals surface area (Å²) in [5.74, 6) is 0.265. The van der Waals surface area contributed by atoms with E-state index in [4.69, 9.17) is 20.6 Å². The maximum Gasteiger partial charge on any atom is 0.217 e. The summed E-state index contributed by atoms with van der Waals surface area (Å²) in [6.07, 6.45) is 10.6. The van der Waals surface area contributed by atoms with Crippen LogP contribution in [-0.2, 0) is 14.3 Å². The first kappa shape index (κ1) is 29.3. The van der Waals surface area contributed by atoms with Gasteiger partial charge >= 0.3 is 0 Å². The van der Waals surface area contributed by atoms with Crippen molar-refractivity contribution in [3.63, 3.8) is 0 Å². The van der Waals surface area contributed by atoms with Crippen LogP contribution in [0, 0.1) is 10.8 Å². The van der Waals surface area contributed by atoms with Gasteiger partial charge in [0.1, 0.15) is 23.8 Å². The lowest BCUT2D eigenvalue weighted by Crippen LogP contribution is -2.45. The molecule has 222 valence electrons. The van der Waals surface area contributed by atoms with Crippen LogP contribution in [0.1, 0.15) is 95.5 Å². The zero-order valence-corrected chi connectivity index (χ0v) is 24.3. The number of hydrazone groups is 1. The van der Waals surface area contributed by atoms with E-state index in [1.54, 1.807) is 6.07 Å². The first-order chi connectivity index (χ1) is 19.8. The number of nitrogens with zero attached hydrogens (tertiary/aromatic N) is 4. The molecule has 4 aliphatic rings. The number of likely N-dealkylation sites (N-methyl/N-ethyl adjacent to an activating group) is 1. The van der Waals surface area contributed by atoms with Crippen LogP contribution in [0.2, 0.25) is 0 Å². The van der Waals surface area contributed by atoms with Crippen LogP contribution >= 0.6 is 0 Å². The Hall–Kier alpha value is -3.18. The summed E-state index contributed by atoms with van der Waals surface area (Å²) in [5, 5.41) is 12.9. The Morgan fingerprint density at radius 3 is 2.76 bits per heavy atom. The van der Waals surface area contributed by atoms with Gasteiger partial charge in [-0.2, -0.15) is 10.1 Å². The van der Waals surface area contributed by atoms with Crippen molar-refractivity contribution >= 4 is 29.2 Å². The number of allylic oxidation sites excluding steroid dienone is 1. The average molecular weight is 566 g/mol. The van der Waals surface area contributed by atoms with Crippen LogP contribution in [0.5, 0.6) is 5.88 Å². The molecule has 2 unspecified atom stereocenters. The van der Waals surface area contributed by atoms with Crippen LogP contribution in [0.3, 0.4) is 0 Å². The molecule has 3 heterocycles. The lowest BCUT2D eigenvalue weighted by atomic mass is 9.62. The molecule has 2 aliphatic carbocycles. The normalized spacial score (nSPS) is 29.6. The van der Waals surface area contributed by atoms with Gasteiger partial charge in [0.25, 0.3) is 0 Å². The number of nitrogens with two attached hydrogens (primary N) is 1. The second kappa shape index (κ2) is 12.8. The summed E-state index contributed by atoms with van der Waals surface area (Å²) in [4.78, 5) is 38.2. The molecular formula is C30H43N7O4. The summed E-state index contributed by atoms with van der Waals surface area (Å²) in [6.45, 7) is 3.72. The molecule has 2 saturated heterocycles. The third kappa shape index (κ3) is 6.35. The number of likely N-dealkylation sites (tertiary alicyclic amines) is 1. The number of hydrogen-bond acceptors (Lipinski definition) is 11. The fourth-order valence-corrected chi connectivity index (χ4v) is 6.71. The topological polar surface area (TPSA) is 156 Å². The highest BCUT2D eigenvalue weighted by Gasteiger charge is 2.49. The van der Waals surface area contributed by atoms with E-state index in [0.29, 0.717) is 44.3 Å². The molecule has 11 nitrogen and oxygen atoms in total. The largest absolute Gasteiger partial charge is 0.473 e. The van der Waals surface area contributed by atoms with E-state index in [0.717, 1.165) is 51.5 Å². The molecule has 5 rings (SSSR count). The van der Waals surface area contributed by atoms with Crippen LogP contribution in [-0.4, -0.2) is 76.9 Å². The van der Waals surface area contributed by atoms with Gasteiger partial charge in [0.15, 0.2) is 11.6 Å². The van der Waals surface area contributed by atoms with Gasteiger partial charge in [-0.1, -0.05) is 6.42 Å². The lowest BCUT2D eigenvalue weighted by Gasteiger charge is -2.38. The molecule has 41 heavy (non-hydrogen) atoms. The van der Waals surface area contributed by atoms with Crippen molar-refractivity contribution in [3.05, 3.63) is 23.2 Å². The van der Waals surface area contributed by atoms with E-state index >= 15 is 0 Å². The average Bonchev–Trinajstić information content (AvgIpc) is 3.42. The maximum atomic E-state index is 13.8. The molecule has 1 spiro atoms. The van der Waals surface area contributed by atoms with E-state index in [2.05, 4.69) is 32.4 Å². The van der Waals surface area contributed by atoms with Crippen molar-refractivity contribution in [2.75, 3.05) is 20.2 Å². The van der Waals surface area contributed by atoms with E-state index in [1.165, 1.54) is 6.21 Å². The van der Waals surface area contributed by atoms with E-state index < -0.39 is 5.41 Å². The van der Waals surface area contributed by atoms with Crippen LogP contribution in [0.15, 0.2) is 16.7 Å². The molecule has 2 aliphatic heterocycles. The second-order valence-corrected chi connectivity index (χ2v) is 11.9. The third-order valence-electron chi connectivity index (χ3n) is 9.09. The minimum Gasteiger partial charge on any atom is -0.473 e. The second-order valence-electron chi connectivity index (χ2n) is 11.9. The molecule has 4 N–H and O–H groups in total. The first-order valence-electron chi connectivity index (χ1n) is 15.1. The maximum absolute atomic E-state index is 13.8. The molecule has 0 radical (unpaired) electrons. The highest BCUT2D eigenvalue weighted by Crippen LogP contribution is 2.45. The summed E-state index contributed by atoms with van der Waals surface area (Å²) >= 11 is 0. The Labute approximate surface area is 241 Å². The van der Waals surface area contributed by atoms with Gasteiger partial charge in [-0.25, -0.2) is 4.98 Å². The highest BCUT2D eigenvalue weighted by molar-refractivity contribution is 6.36. The first-order valence-corrected chi connectivity index (χ1v) is 15.1. The number of ketones is 2. The Morgan fingerprint density at radius 1 is 1.20 bits per heavy atom. The summed E-state index contributed by atoms with van der Waals surface area (Å²) in [5.41, 5.74) is 9.51. The van der Waals surface area contributed by atoms with Crippen LogP contribution < -0.4 is 15.9 Å². The van der Waals surface area contributed by atoms with Crippen molar-refractivity contribution in [1.29, 1.82) is 5.41 Å². The fourth-order valence-electron chi connectivity index (χ4n) is 6.71. The van der Waals surface area contributed by atoms with Crippen molar-refractivity contribution in [1.82, 2.24) is 20.3 Å². The molecule has 0 amide bonds. The van der Waals surface area contributed by atoms with Gasteiger partial charge in [0.2, 0.25) is 5.88 Å². The minimum atomic E-state index is -0.971. The standard InChI is InChI=1S/C30H43N7O4/c1-19(23-10-8-15-37(23)2)41-26-17-22(21(31)18-33-36-25-12-4-6-16-40-25)34-29(35-26)27(32)20-9-7-14-30(28(20)39)13-5-3-11-24(30)38/h17-19,23,25,31,36H,3-16,32H2,1-2H3/b27-20-,31-21?,33-18-/t19-,23?,25?,30+/m0/s1. The van der Waals surface area contributed by atoms with Gasteiger partial charge in [-0.15, -0.1) is 0 Å². The predicted octanol–water partition coefficient (Wildman–Crippen LogP) is 3.36. The number of Topliss-reactive ketones (excluding diaryl/α,β-unsaturated/α-hetero) is 2. The number of aromatic nitrogens is 2. The van der Waals surface area contributed by atoms with Crippen molar-refractivity contribution in [2.45, 2.75) is 102 Å². The Kier molecular flexibility index (Phi) is 9.13. The van der Waals surface area contributed by atoms with E-state index in [1.807, 2.05) is 6.92 Å². The van der Waals surface area contributed by atoms with E-state index in [-0.39, 0.29) is 58.7 Å². The number of ether oxygens (including phenoxy) is 2. The quantitative estimate of drug-likeness (QED) is 0.186. The number of carbonyl (C=O) groups is 2. The highest BCUT2D eigenvalue weighted by atomic mass is 16.5. The van der Waals surface area contributed by atoms with Crippen LogP contribution in [0.4, 0.5) is 0 Å². The Bertz CT molecular complexity index is 1220. The van der Waals surface area contributed by atoms with Gasteiger partial charge in [0.05, 0.1) is 23.0 Å². The third-order valence-corrected chi connectivity index (χ3v) is 9.09. The summed E-state index contributed by atoms with van der Waals surface area (Å²) in [7, 11) is 2.09. The zero-order valence-electron chi connectivity index (χ0n) is 24.3. The van der Waals surface area contributed by atoms with Crippen LogP contribution in [0.25, 0.3) is 5.70 Å². The van der Waals surface area contributed by atoms with Crippen molar-refractivity contribution in [3.8, 4) is 5.88 Å². The molecule has 1 aromatic heterocycles. The molecule has 2 saturated carbocycles.